The van der Waals surface area contributed by atoms with E-state index < -0.39 is 116 Å². The fourth-order valence-corrected chi connectivity index (χ4v) is 13.6. The van der Waals surface area contributed by atoms with Gasteiger partial charge in [0.15, 0.2) is 29.4 Å². The summed E-state index contributed by atoms with van der Waals surface area (Å²) in [5, 5.41) is 0. The van der Waals surface area contributed by atoms with Crippen LogP contribution >= 0.6 is 47.9 Å². The van der Waals surface area contributed by atoms with Crippen LogP contribution in [0.15, 0.2) is 17.4 Å². The highest BCUT2D eigenvalue weighted by Crippen LogP contribution is 2.66. The van der Waals surface area contributed by atoms with Crippen molar-refractivity contribution < 1.29 is 64.9 Å². The molecule has 3 fully saturated rings. The molecule has 340 valence electrons. The van der Waals surface area contributed by atoms with Crippen LogP contribution in [-0.2, 0) is 60.5 Å². The number of nitrogens with two attached hydrogens (primary N) is 2. The van der Waals surface area contributed by atoms with Gasteiger partial charge in [-0.25, -0.2) is 33.5 Å². The molecule has 62 heavy (non-hydrogen) atoms. The van der Waals surface area contributed by atoms with Gasteiger partial charge in [0, 0.05) is 7.11 Å². The van der Waals surface area contributed by atoms with Crippen LogP contribution in [0.2, 0.25) is 0 Å². The van der Waals surface area contributed by atoms with Gasteiger partial charge in [0.25, 0.3) is 5.56 Å². The lowest BCUT2D eigenvalue weighted by atomic mass is 10.1. The van der Waals surface area contributed by atoms with Gasteiger partial charge in [-0.1, -0.05) is 0 Å². The van der Waals surface area contributed by atoms with E-state index in [1.165, 1.54) is 18.0 Å². The summed E-state index contributed by atoms with van der Waals surface area (Å²) in [5.41, 5.74) is 9.58. The predicted molar refractivity (Wildman–Crippen MR) is 223 cm³/mol. The number of nitrogen functional groups attached to an aromatic ring is 2. The highest BCUT2D eigenvalue weighted by atomic mass is 32.7. The SMILES string of the molecule is CO[C@H]1[C@H]2O[P@](=O)(SCC(=O)OC(C)(C)C)OC[C@H]3O[C@@H](n4cnc5c(N)ncnc54)[C@H](F)[C@@H]3O[P@@](=O)(SCC(=O)OC(C)(C)C)OC[C@H]1O[C@H]2c1snc2c(=O)[nH]c(N)nc12. The Bertz CT molecular complexity index is 2480. The number of H-pyrrole nitrogens is 1. The minimum absolute atomic E-state index is 0.00253. The molecule has 0 amide bonds. The molecule has 23 nitrogen and oxygen atoms in total. The fourth-order valence-electron chi connectivity index (χ4n) is 6.60. The molecule has 7 rings (SSSR count). The van der Waals surface area contributed by atoms with Crippen molar-refractivity contribution in [1.82, 2.24) is 33.9 Å². The van der Waals surface area contributed by atoms with Crippen molar-refractivity contribution >= 4 is 93.8 Å². The van der Waals surface area contributed by atoms with Crippen LogP contribution in [0.4, 0.5) is 16.2 Å². The number of fused-ring (bicyclic) bond motifs is 5. The average molecular weight is 968 g/mol. The number of imidazole rings is 1. The summed E-state index contributed by atoms with van der Waals surface area (Å²) in [6, 6.07) is 0. The van der Waals surface area contributed by atoms with Crippen molar-refractivity contribution in [3.8, 4) is 0 Å². The van der Waals surface area contributed by atoms with Gasteiger partial charge in [0.05, 0.1) is 24.4 Å². The molecule has 0 aromatic carbocycles. The molecular formula is C33H44FN9O14P2S3. The van der Waals surface area contributed by atoms with Gasteiger partial charge in [0.1, 0.15) is 76.7 Å². The molecule has 0 spiro atoms. The number of anilines is 2. The summed E-state index contributed by atoms with van der Waals surface area (Å²) in [4.78, 5) is 57.8. The molecule has 4 aromatic rings. The second-order valence-corrected chi connectivity index (χ2v) is 24.8. The number of nitrogens with one attached hydrogen (secondary N) is 1. The number of ether oxygens (including phenoxy) is 5. The number of methoxy groups -OCH3 is 1. The van der Waals surface area contributed by atoms with Crippen LogP contribution in [0.1, 0.15) is 58.8 Å². The minimum Gasteiger partial charge on any atom is -0.459 e. The Balaban J connectivity index is 1.30. The van der Waals surface area contributed by atoms with Crippen LogP contribution in [0.25, 0.3) is 22.2 Å². The lowest BCUT2D eigenvalue weighted by Gasteiger charge is -2.28. The number of carbonyl (C=O) groups excluding carboxylic acids is 2. The molecule has 0 saturated carbocycles. The third-order valence-electron chi connectivity index (χ3n) is 8.97. The first-order valence-electron chi connectivity index (χ1n) is 18.7. The summed E-state index contributed by atoms with van der Waals surface area (Å²) in [6.45, 7) is -0.824. The van der Waals surface area contributed by atoms with Crippen LogP contribution in [-0.4, -0.2) is 126 Å². The Hall–Kier alpha value is -3.33. The van der Waals surface area contributed by atoms with Gasteiger partial charge in [0.2, 0.25) is 5.95 Å². The van der Waals surface area contributed by atoms with Crippen LogP contribution in [0, 0.1) is 0 Å². The largest absolute Gasteiger partial charge is 0.459 e. The molecule has 3 saturated heterocycles. The Labute approximate surface area is 364 Å². The van der Waals surface area contributed by atoms with Crippen molar-refractivity contribution in [2.24, 2.45) is 0 Å². The number of hydrogen-bond acceptors (Lipinski definition) is 24. The molecule has 29 heteroatoms. The maximum Gasteiger partial charge on any atom is 0.390 e. The number of halogens is 1. The molecule has 0 unspecified atom stereocenters. The molecule has 3 aliphatic heterocycles. The first-order valence-corrected chi connectivity index (χ1v) is 25.7. The van der Waals surface area contributed by atoms with Crippen LogP contribution < -0.4 is 17.0 Å². The Morgan fingerprint density at radius 2 is 1.53 bits per heavy atom. The molecule has 3 aliphatic rings. The zero-order valence-corrected chi connectivity index (χ0v) is 38.4. The van der Waals surface area contributed by atoms with E-state index in [0.717, 1.165) is 17.9 Å². The van der Waals surface area contributed by atoms with Gasteiger partial charge < -0.3 is 35.2 Å². The zero-order valence-electron chi connectivity index (χ0n) is 34.2. The topological polar surface area (TPSA) is 306 Å². The van der Waals surface area contributed by atoms with Gasteiger partial charge in [-0.2, -0.15) is 4.37 Å². The lowest BCUT2D eigenvalue weighted by Crippen LogP contribution is -2.36. The Kier molecular flexibility index (Phi) is 13.5. The highest BCUT2D eigenvalue weighted by molar-refractivity contribution is 8.55. The minimum atomic E-state index is -4.67. The lowest BCUT2D eigenvalue weighted by molar-refractivity contribution is -0.152. The van der Waals surface area contributed by atoms with E-state index in [1.807, 2.05) is 0 Å². The average Bonchev–Trinajstić information content (AvgIpc) is 3.94. The highest BCUT2D eigenvalue weighted by Gasteiger charge is 2.56. The van der Waals surface area contributed by atoms with E-state index >= 15 is 8.96 Å². The summed E-state index contributed by atoms with van der Waals surface area (Å²) in [6.07, 6.45) is -9.87. The van der Waals surface area contributed by atoms with Crippen LogP contribution in [0.5, 0.6) is 0 Å². The number of nitrogens with zero attached hydrogens (tertiary/aromatic N) is 6. The van der Waals surface area contributed by atoms with E-state index in [0.29, 0.717) is 22.8 Å². The van der Waals surface area contributed by atoms with E-state index in [9.17, 15) is 18.9 Å². The first kappa shape index (κ1) is 46.7. The van der Waals surface area contributed by atoms with Gasteiger partial charge in [-0.05, 0) is 75.8 Å². The molecular weight excluding hydrogens is 924 g/mol. The summed E-state index contributed by atoms with van der Waals surface area (Å²) in [7, 11) is 1.29. The third-order valence-corrected chi connectivity index (χ3v) is 17.0. The van der Waals surface area contributed by atoms with E-state index in [-0.39, 0.29) is 38.8 Å². The van der Waals surface area contributed by atoms with Gasteiger partial charge >= 0.3 is 25.5 Å². The fraction of sp³-hybridized carbons (Fsp3) is 0.636. The van der Waals surface area contributed by atoms with Gasteiger partial charge in [-0.3, -0.25) is 42.0 Å². The number of aromatic amines is 1. The monoisotopic (exact) mass is 967 g/mol. The summed E-state index contributed by atoms with van der Waals surface area (Å²) in [5.74, 6) is -2.90. The van der Waals surface area contributed by atoms with Crippen molar-refractivity contribution in [2.75, 3.05) is 43.3 Å². The van der Waals surface area contributed by atoms with Gasteiger partial charge in [-0.15, -0.1) is 0 Å². The predicted octanol–water partition coefficient (Wildman–Crippen LogP) is 4.26. The van der Waals surface area contributed by atoms with Crippen molar-refractivity contribution in [3.05, 3.63) is 27.9 Å². The van der Waals surface area contributed by atoms with Crippen molar-refractivity contribution in [2.45, 2.75) is 102 Å². The molecule has 10 atom stereocenters. The Morgan fingerprint density at radius 3 is 2.15 bits per heavy atom. The quantitative estimate of drug-likeness (QED) is 0.156. The number of aromatic nitrogens is 7. The standard InChI is InChI=1S/C33H44FN9O14P2S3/c1-32(2,3)54-16(44)10-60-58(47)51-9-15-23(49-7)24(25(52-15)26-19-20(42-62-26)29(46)41-31(36)40-19)57-59(48,61-11-17(45)55-33(4,5)6)50-8-14-22(56-58)18(34)30(53-14)43-13-39-21-27(35)37-12-38-28(21)43/h12-15,18,22-25,30H,8-11H2,1-7H3,(H2,35,37,38)(H3,36,40,41,46)/t14-,15-,18-,22-,23-,24-,25-,30-,58+,59-/m1/s1. The first-order chi connectivity index (χ1) is 29.1. The number of rotatable bonds is 9. The molecule has 0 radical (unpaired) electrons. The molecule has 0 aliphatic carbocycles. The molecule has 2 bridgehead atoms. The smallest absolute Gasteiger partial charge is 0.390 e. The maximum absolute atomic E-state index is 17.0. The number of esters is 2. The number of hydrogen-bond donors (Lipinski definition) is 3. The van der Waals surface area contributed by atoms with Crippen molar-refractivity contribution in [1.29, 1.82) is 0 Å². The Morgan fingerprint density at radius 1 is 0.919 bits per heavy atom. The number of alkyl halides is 1. The summed E-state index contributed by atoms with van der Waals surface area (Å²) >= 11 is 1.69. The molecule has 4 aromatic heterocycles. The van der Waals surface area contributed by atoms with E-state index in [2.05, 4.69) is 29.3 Å². The van der Waals surface area contributed by atoms with E-state index in [1.54, 1.807) is 41.5 Å². The van der Waals surface area contributed by atoms with Crippen LogP contribution in [0.3, 0.4) is 0 Å². The second kappa shape index (κ2) is 17.9. The maximum atomic E-state index is 17.0. The van der Waals surface area contributed by atoms with Crippen molar-refractivity contribution in [3.63, 3.8) is 0 Å². The molecule has 5 N–H and O–H groups in total. The third kappa shape index (κ3) is 10.3. The number of carbonyl (C=O) groups is 2. The zero-order chi connectivity index (χ0) is 44.9. The normalized spacial score (nSPS) is 31.0. The second-order valence-electron chi connectivity index (χ2n) is 15.9. The molecule has 7 heterocycles. The summed E-state index contributed by atoms with van der Waals surface area (Å²) < 4.78 is 106. The van der Waals surface area contributed by atoms with E-state index in [4.69, 9.17) is 53.2 Å².